The minimum atomic E-state index is -0.202. The fourth-order valence-electron chi connectivity index (χ4n) is 1.86. The van der Waals surface area contributed by atoms with E-state index in [2.05, 4.69) is 35.1 Å². The fraction of sp³-hybridized carbons (Fsp3) is 0.917. The van der Waals surface area contributed by atoms with Crippen LogP contribution in [-0.4, -0.2) is 30.5 Å². The number of nitrogens with one attached hydrogen (secondary N) is 1. The number of carbonyl (C=O) groups is 1. The van der Waals surface area contributed by atoms with E-state index in [1.165, 1.54) is 0 Å². The van der Waals surface area contributed by atoms with Crippen molar-refractivity contribution in [3.8, 4) is 0 Å². The van der Waals surface area contributed by atoms with Crippen LogP contribution in [0.3, 0.4) is 0 Å². The highest BCUT2D eigenvalue weighted by Gasteiger charge is 2.25. The summed E-state index contributed by atoms with van der Waals surface area (Å²) in [7, 11) is 0. The molecule has 1 saturated heterocycles. The molecule has 1 atom stereocenters. The molecule has 1 aliphatic rings. The number of carbonyl (C=O) groups excluding carboxylic acids is 1. The molecule has 1 N–H and O–H groups in total. The van der Waals surface area contributed by atoms with Crippen molar-refractivity contribution >= 4 is 21.8 Å². The van der Waals surface area contributed by atoms with E-state index in [1.807, 2.05) is 0 Å². The smallest absolute Gasteiger partial charge is 0.249 e. The van der Waals surface area contributed by atoms with Crippen LogP contribution in [-0.2, 0) is 9.53 Å². The van der Waals surface area contributed by atoms with Crippen molar-refractivity contribution in [3.63, 3.8) is 0 Å². The van der Waals surface area contributed by atoms with Gasteiger partial charge in [-0.15, -0.1) is 0 Å². The summed E-state index contributed by atoms with van der Waals surface area (Å²) in [5.41, 5.74) is 0.169. The molecular formula is C12H22BrNO2. The highest BCUT2D eigenvalue weighted by molar-refractivity contribution is 9.09. The van der Waals surface area contributed by atoms with Crippen LogP contribution in [0.2, 0.25) is 0 Å². The predicted molar refractivity (Wildman–Crippen MR) is 68.8 cm³/mol. The van der Waals surface area contributed by atoms with Crippen molar-refractivity contribution in [1.29, 1.82) is 0 Å². The van der Waals surface area contributed by atoms with Gasteiger partial charge in [-0.2, -0.15) is 0 Å². The monoisotopic (exact) mass is 291 g/mol. The second kappa shape index (κ2) is 6.60. The molecule has 0 aromatic carbocycles. The average molecular weight is 292 g/mol. The minimum Gasteiger partial charge on any atom is -0.368 e. The second-order valence-electron chi connectivity index (χ2n) is 5.18. The van der Waals surface area contributed by atoms with Crippen LogP contribution < -0.4 is 5.32 Å². The summed E-state index contributed by atoms with van der Waals surface area (Å²) < 4.78 is 5.34. The first-order valence-electron chi connectivity index (χ1n) is 6.00. The van der Waals surface area contributed by atoms with Gasteiger partial charge < -0.3 is 10.1 Å². The van der Waals surface area contributed by atoms with Crippen molar-refractivity contribution in [2.75, 3.05) is 18.5 Å². The van der Waals surface area contributed by atoms with E-state index >= 15 is 0 Å². The maximum Gasteiger partial charge on any atom is 0.249 e. The molecule has 0 bridgehead atoms. The van der Waals surface area contributed by atoms with Gasteiger partial charge in [0.25, 0.3) is 0 Å². The second-order valence-corrected chi connectivity index (χ2v) is 5.97. The van der Waals surface area contributed by atoms with E-state index in [0.29, 0.717) is 0 Å². The molecule has 0 radical (unpaired) electrons. The molecule has 0 saturated carbocycles. The van der Waals surface area contributed by atoms with Crippen LogP contribution in [0.25, 0.3) is 0 Å². The third-order valence-corrected chi connectivity index (χ3v) is 3.51. The lowest BCUT2D eigenvalue weighted by molar-refractivity contribution is -0.130. The third-order valence-electron chi connectivity index (χ3n) is 2.95. The van der Waals surface area contributed by atoms with E-state index in [4.69, 9.17) is 4.74 Å². The Morgan fingerprint density at radius 1 is 1.56 bits per heavy atom. The Morgan fingerprint density at radius 3 is 2.88 bits per heavy atom. The first-order valence-corrected chi connectivity index (χ1v) is 7.12. The van der Waals surface area contributed by atoms with E-state index in [9.17, 15) is 4.79 Å². The Hall–Kier alpha value is -0.0900. The zero-order chi connectivity index (χ0) is 12.0. The van der Waals surface area contributed by atoms with E-state index in [-0.39, 0.29) is 17.4 Å². The molecule has 1 aliphatic heterocycles. The third kappa shape index (κ3) is 4.83. The van der Waals surface area contributed by atoms with Crippen molar-refractivity contribution < 1.29 is 9.53 Å². The average Bonchev–Trinajstić information content (AvgIpc) is 2.77. The van der Waals surface area contributed by atoms with Gasteiger partial charge in [-0.3, -0.25) is 4.79 Å². The van der Waals surface area contributed by atoms with Gasteiger partial charge in [0, 0.05) is 18.5 Å². The van der Waals surface area contributed by atoms with Gasteiger partial charge in [0.2, 0.25) is 5.91 Å². The summed E-state index contributed by atoms with van der Waals surface area (Å²) in [6, 6.07) is 0. The summed E-state index contributed by atoms with van der Waals surface area (Å²) in [6.45, 7) is 5.83. The first-order chi connectivity index (χ1) is 7.55. The van der Waals surface area contributed by atoms with Crippen molar-refractivity contribution in [1.82, 2.24) is 5.32 Å². The molecule has 0 aliphatic carbocycles. The number of alkyl halides is 1. The topological polar surface area (TPSA) is 38.3 Å². The normalized spacial score (nSPS) is 21.1. The van der Waals surface area contributed by atoms with E-state index in [0.717, 1.165) is 44.2 Å². The molecule has 1 amide bonds. The lowest BCUT2D eigenvalue weighted by Crippen LogP contribution is -2.39. The quantitative estimate of drug-likeness (QED) is 0.764. The molecule has 0 aromatic heterocycles. The van der Waals surface area contributed by atoms with Crippen LogP contribution in [0.5, 0.6) is 0 Å². The molecule has 94 valence electrons. The highest BCUT2D eigenvalue weighted by atomic mass is 79.9. The summed E-state index contributed by atoms with van der Waals surface area (Å²) in [5.74, 6) is 0.0596. The largest absolute Gasteiger partial charge is 0.368 e. The lowest BCUT2D eigenvalue weighted by atomic mass is 9.88. The van der Waals surface area contributed by atoms with Crippen LogP contribution in [0.1, 0.15) is 39.5 Å². The Labute approximate surface area is 106 Å². The Bertz CT molecular complexity index is 225. The van der Waals surface area contributed by atoms with Crippen LogP contribution >= 0.6 is 15.9 Å². The number of amides is 1. The van der Waals surface area contributed by atoms with Crippen molar-refractivity contribution in [2.45, 2.75) is 45.6 Å². The summed E-state index contributed by atoms with van der Waals surface area (Å²) in [6.07, 6.45) is 3.93. The molecule has 3 nitrogen and oxygen atoms in total. The number of rotatable bonds is 6. The van der Waals surface area contributed by atoms with Crippen molar-refractivity contribution in [3.05, 3.63) is 0 Å². The van der Waals surface area contributed by atoms with E-state index < -0.39 is 0 Å². The van der Waals surface area contributed by atoms with Crippen LogP contribution in [0.15, 0.2) is 0 Å². The fourth-order valence-corrected chi connectivity index (χ4v) is 2.14. The van der Waals surface area contributed by atoms with Crippen molar-refractivity contribution in [2.24, 2.45) is 5.41 Å². The number of hydrogen-bond acceptors (Lipinski definition) is 2. The maximum atomic E-state index is 11.7. The van der Waals surface area contributed by atoms with Gasteiger partial charge in [0.05, 0.1) is 0 Å². The Kier molecular flexibility index (Phi) is 5.76. The van der Waals surface area contributed by atoms with E-state index in [1.54, 1.807) is 0 Å². The predicted octanol–water partition coefficient (Wildman–Crippen LogP) is 2.48. The summed E-state index contributed by atoms with van der Waals surface area (Å²) in [4.78, 5) is 11.7. The highest BCUT2D eigenvalue weighted by Crippen LogP contribution is 2.22. The van der Waals surface area contributed by atoms with Gasteiger partial charge in [0.1, 0.15) is 6.10 Å². The lowest BCUT2D eigenvalue weighted by Gasteiger charge is -2.25. The molecule has 1 heterocycles. The molecule has 1 rings (SSSR count). The zero-order valence-corrected chi connectivity index (χ0v) is 11.8. The van der Waals surface area contributed by atoms with Gasteiger partial charge in [0.15, 0.2) is 0 Å². The van der Waals surface area contributed by atoms with Gasteiger partial charge in [-0.1, -0.05) is 29.8 Å². The number of hydrogen-bond donors (Lipinski definition) is 1. The molecule has 4 heteroatoms. The number of halogens is 1. The molecule has 16 heavy (non-hydrogen) atoms. The maximum absolute atomic E-state index is 11.7. The molecule has 1 fully saturated rings. The first kappa shape index (κ1) is 14.0. The van der Waals surface area contributed by atoms with Crippen LogP contribution in [0, 0.1) is 5.41 Å². The Balaban J connectivity index is 2.24. The molecule has 1 unspecified atom stereocenters. The summed E-state index contributed by atoms with van der Waals surface area (Å²) in [5, 5.41) is 4.02. The SMILES string of the molecule is CC(C)(CCCBr)CNC(=O)C1CCCO1. The van der Waals surface area contributed by atoms with Gasteiger partial charge >= 0.3 is 0 Å². The van der Waals surface area contributed by atoms with Gasteiger partial charge in [-0.25, -0.2) is 0 Å². The molecule has 0 aromatic rings. The molecular weight excluding hydrogens is 270 g/mol. The zero-order valence-electron chi connectivity index (χ0n) is 10.2. The minimum absolute atomic E-state index is 0.0596. The van der Waals surface area contributed by atoms with Crippen LogP contribution in [0.4, 0.5) is 0 Å². The molecule has 0 spiro atoms. The number of ether oxygens (including phenoxy) is 1. The Morgan fingerprint density at radius 2 is 2.31 bits per heavy atom. The standard InChI is InChI=1S/C12H22BrNO2/c1-12(2,6-4-7-13)9-14-11(15)10-5-3-8-16-10/h10H,3-9H2,1-2H3,(H,14,15). The summed E-state index contributed by atoms with van der Waals surface area (Å²) >= 11 is 3.43. The van der Waals surface area contributed by atoms with Gasteiger partial charge in [-0.05, 0) is 31.1 Å².